The minimum atomic E-state index is -0.296. The molecular weight excluding hydrogens is 380 g/mol. The van der Waals surface area contributed by atoms with Crippen molar-refractivity contribution in [1.82, 2.24) is 19.7 Å². The van der Waals surface area contributed by atoms with Gasteiger partial charge in [-0.3, -0.25) is 4.79 Å². The number of hydrogen-bond donors (Lipinski definition) is 0. The second-order valence-electron chi connectivity index (χ2n) is 8.52. The Morgan fingerprint density at radius 1 is 1.37 bits per heavy atom. The van der Waals surface area contributed by atoms with E-state index in [1.54, 1.807) is 7.11 Å². The lowest BCUT2D eigenvalue weighted by molar-refractivity contribution is -0.149. The number of amides is 1. The van der Waals surface area contributed by atoms with Gasteiger partial charge in [0.2, 0.25) is 0 Å². The molecular formula is C23H34N4O3. The van der Waals surface area contributed by atoms with E-state index in [0.29, 0.717) is 19.3 Å². The lowest BCUT2D eigenvalue weighted by Crippen LogP contribution is -2.44. The van der Waals surface area contributed by atoms with Gasteiger partial charge in [0.05, 0.1) is 17.9 Å². The number of pyridine rings is 1. The van der Waals surface area contributed by atoms with Gasteiger partial charge in [-0.2, -0.15) is 5.10 Å². The lowest BCUT2D eigenvalue weighted by Gasteiger charge is -2.34. The van der Waals surface area contributed by atoms with Gasteiger partial charge in [-0.1, -0.05) is 6.92 Å². The molecule has 1 aliphatic carbocycles. The van der Waals surface area contributed by atoms with Crippen LogP contribution in [0.1, 0.15) is 69.7 Å². The highest BCUT2D eigenvalue weighted by molar-refractivity contribution is 5.82. The van der Waals surface area contributed by atoms with Crippen LogP contribution in [0.15, 0.2) is 12.3 Å². The molecule has 4 rings (SSSR count). The molecule has 30 heavy (non-hydrogen) atoms. The van der Waals surface area contributed by atoms with Crippen LogP contribution in [0.3, 0.4) is 0 Å². The van der Waals surface area contributed by atoms with Crippen molar-refractivity contribution in [3.05, 3.63) is 23.5 Å². The summed E-state index contributed by atoms with van der Waals surface area (Å²) in [5, 5.41) is 5.68. The number of hydrogen-bond acceptors (Lipinski definition) is 5. The highest BCUT2D eigenvalue weighted by Crippen LogP contribution is 2.36. The van der Waals surface area contributed by atoms with Crippen LogP contribution in [0, 0.1) is 0 Å². The van der Waals surface area contributed by atoms with Crippen LogP contribution in [0.2, 0.25) is 0 Å². The van der Waals surface area contributed by atoms with Gasteiger partial charge in [-0.15, -0.1) is 0 Å². The smallest absolute Gasteiger partial charge is 0.252 e. The van der Waals surface area contributed by atoms with Crippen LogP contribution in [-0.2, 0) is 27.2 Å². The summed E-state index contributed by atoms with van der Waals surface area (Å²) in [5.74, 6) is 0.137. The standard InChI is InChI=1S/C23H34N4O3/c1-4-17-14-20(25-22-19(17)15-24-26(22)11-7-12-29-3)16(2)27(18-9-10-18)23(28)21-8-5-6-13-30-21/h14-16,18,21H,4-13H2,1-3H3/t16-,21-/m1/s1. The first-order valence-electron chi connectivity index (χ1n) is 11.4. The van der Waals surface area contributed by atoms with Crippen LogP contribution in [0.5, 0.6) is 0 Å². The zero-order valence-electron chi connectivity index (χ0n) is 18.5. The number of rotatable bonds is 9. The minimum absolute atomic E-state index is 0.0763. The second kappa shape index (κ2) is 9.43. The Hall–Kier alpha value is -1.99. The van der Waals surface area contributed by atoms with Crippen LogP contribution in [0.4, 0.5) is 0 Å². The van der Waals surface area contributed by atoms with Crippen molar-refractivity contribution in [2.45, 2.75) is 83.5 Å². The topological polar surface area (TPSA) is 69.5 Å². The van der Waals surface area contributed by atoms with Crippen molar-refractivity contribution in [3.8, 4) is 0 Å². The molecule has 1 saturated carbocycles. The Morgan fingerprint density at radius 3 is 2.87 bits per heavy atom. The number of carbonyl (C=O) groups is 1. The Labute approximate surface area is 178 Å². The summed E-state index contributed by atoms with van der Waals surface area (Å²) in [6.45, 7) is 6.42. The largest absolute Gasteiger partial charge is 0.385 e. The average Bonchev–Trinajstić information content (AvgIpc) is 3.53. The number of nitrogens with zero attached hydrogens (tertiary/aromatic N) is 4. The molecule has 2 aromatic heterocycles. The van der Waals surface area contributed by atoms with Crippen molar-refractivity contribution in [2.75, 3.05) is 20.3 Å². The molecule has 2 atom stereocenters. The summed E-state index contributed by atoms with van der Waals surface area (Å²) in [6.07, 6.45) is 8.50. The van der Waals surface area contributed by atoms with Crippen molar-refractivity contribution in [2.24, 2.45) is 0 Å². The van der Waals surface area contributed by atoms with Crippen LogP contribution < -0.4 is 0 Å². The molecule has 2 aliphatic rings. The number of aromatic nitrogens is 3. The molecule has 1 amide bonds. The molecule has 164 valence electrons. The molecule has 1 aliphatic heterocycles. The molecule has 0 bridgehead atoms. The molecule has 0 spiro atoms. The predicted molar refractivity (Wildman–Crippen MR) is 115 cm³/mol. The fraction of sp³-hybridized carbons (Fsp3) is 0.696. The molecule has 0 unspecified atom stereocenters. The SMILES string of the molecule is CCc1cc([C@@H](C)N(C(=O)[C@H]2CCCCO2)C2CC2)nc2c1cnn2CCCOC. The zero-order valence-corrected chi connectivity index (χ0v) is 18.5. The van der Waals surface area contributed by atoms with Crippen molar-refractivity contribution in [3.63, 3.8) is 0 Å². The van der Waals surface area contributed by atoms with Crippen molar-refractivity contribution >= 4 is 16.9 Å². The molecule has 2 aromatic rings. The molecule has 0 radical (unpaired) electrons. The molecule has 7 heteroatoms. The van der Waals surface area contributed by atoms with E-state index >= 15 is 0 Å². The maximum Gasteiger partial charge on any atom is 0.252 e. The summed E-state index contributed by atoms with van der Waals surface area (Å²) < 4.78 is 13.0. The van der Waals surface area contributed by atoms with Gasteiger partial charge >= 0.3 is 0 Å². The highest BCUT2D eigenvalue weighted by Gasteiger charge is 2.40. The first-order chi connectivity index (χ1) is 14.6. The fourth-order valence-corrected chi connectivity index (χ4v) is 4.45. The summed E-state index contributed by atoms with van der Waals surface area (Å²) in [4.78, 5) is 20.4. The summed E-state index contributed by atoms with van der Waals surface area (Å²) in [6, 6.07) is 2.40. The minimum Gasteiger partial charge on any atom is -0.385 e. The first kappa shape index (κ1) is 21.2. The van der Waals surface area contributed by atoms with E-state index in [-0.39, 0.29) is 18.1 Å². The van der Waals surface area contributed by atoms with Gasteiger partial charge < -0.3 is 14.4 Å². The highest BCUT2D eigenvalue weighted by atomic mass is 16.5. The van der Waals surface area contributed by atoms with Crippen LogP contribution in [0.25, 0.3) is 11.0 Å². The van der Waals surface area contributed by atoms with E-state index in [1.165, 1.54) is 5.56 Å². The van der Waals surface area contributed by atoms with Gasteiger partial charge in [-0.25, -0.2) is 9.67 Å². The summed E-state index contributed by atoms with van der Waals surface area (Å²) in [5.41, 5.74) is 3.09. The van der Waals surface area contributed by atoms with Gasteiger partial charge in [-0.05, 0) is 63.5 Å². The fourth-order valence-electron chi connectivity index (χ4n) is 4.45. The lowest BCUT2D eigenvalue weighted by atomic mass is 10.0. The third-order valence-corrected chi connectivity index (χ3v) is 6.31. The molecule has 3 heterocycles. The number of fused-ring (bicyclic) bond motifs is 1. The van der Waals surface area contributed by atoms with Gasteiger partial charge in [0.25, 0.3) is 5.91 Å². The Morgan fingerprint density at radius 2 is 2.20 bits per heavy atom. The Balaban J connectivity index is 1.64. The number of ether oxygens (including phenoxy) is 2. The van der Waals surface area contributed by atoms with E-state index in [0.717, 1.165) is 68.2 Å². The van der Waals surface area contributed by atoms with E-state index in [4.69, 9.17) is 14.5 Å². The molecule has 0 aromatic carbocycles. The predicted octanol–water partition coefficient (Wildman–Crippen LogP) is 3.65. The molecule has 7 nitrogen and oxygen atoms in total. The molecule has 0 N–H and O–H groups in total. The van der Waals surface area contributed by atoms with E-state index in [1.807, 2.05) is 10.9 Å². The third kappa shape index (κ3) is 4.37. The third-order valence-electron chi connectivity index (χ3n) is 6.31. The summed E-state index contributed by atoms with van der Waals surface area (Å²) >= 11 is 0. The quantitative estimate of drug-likeness (QED) is 0.586. The number of carbonyl (C=O) groups excluding carboxylic acids is 1. The second-order valence-corrected chi connectivity index (χ2v) is 8.52. The van der Waals surface area contributed by atoms with Gasteiger partial charge in [0.1, 0.15) is 6.10 Å². The molecule has 1 saturated heterocycles. The van der Waals surface area contributed by atoms with E-state index in [9.17, 15) is 4.79 Å². The van der Waals surface area contributed by atoms with Crippen LogP contribution in [-0.4, -0.2) is 58.0 Å². The van der Waals surface area contributed by atoms with E-state index < -0.39 is 0 Å². The number of methoxy groups -OCH3 is 1. The maximum atomic E-state index is 13.3. The Kier molecular flexibility index (Phi) is 6.68. The van der Waals surface area contributed by atoms with Crippen molar-refractivity contribution < 1.29 is 14.3 Å². The normalized spacial score (nSPS) is 20.4. The van der Waals surface area contributed by atoms with Crippen molar-refractivity contribution in [1.29, 1.82) is 0 Å². The average molecular weight is 415 g/mol. The summed E-state index contributed by atoms with van der Waals surface area (Å²) in [7, 11) is 1.72. The van der Waals surface area contributed by atoms with E-state index in [2.05, 4.69) is 29.9 Å². The van der Waals surface area contributed by atoms with Gasteiger partial charge in [0.15, 0.2) is 5.65 Å². The van der Waals surface area contributed by atoms with Crippen LogP contribution >= 0.6 is 0 Å². The Bertz CT molecular complexity index is 871. The number of aryl methyl sites for hydroxylation is 2. The first-order valence-corrected chi connectivity index (χ1v) is 11.4. The van der Waals surface area contributed by atoms with Gasteiger partial charge in [0, 0.05) is 38.3 Å². The maximum absolute atomic E-state index is 13.3. The zero-order chi connectivity index (χ0) is 21.1. The molecule has 2 fully saturated rings. The monoisotopic (exact) mass is 414 g/mol.